The highest BCUT2D eigenvalue weighted by atomic mass is 16.5. The molecule has 2 heterocycles. The molecule has 10 nitrogen and oxygen atoms in total. The largest absolute Gasteiger partial charge is 0.467 e. The van der Waals surface area contributed by atoms with Crippen LogP contribution in [0.1, 0.15) is 73.1 Å². The molecule has 0 aromatic carbocycles. The molecule has 0 bridgehead atoms. The lowest BCUT2D eigenvalue weighted by atomic mass is 9.84. The number of piperidine rings is 2. The van der Waals surface area contributed by atoms with Crippen LogP contribution in [0.3, 0.4) is 0 Å². The standard InChI is InChI=1S/C29H53N5O5/c1-20(2)23(18-31(6)19-24(35)34-17-13-11-15-22(34)28(38)39-9)33(8)27(37)25(29(3,4)5)30-26(36)21-14-10-12-16-32(21)7/h20-23,25H,10-19H2,1-9H3,(H,30,36). The molecule has 0 aromatic heterocycles. The molecule has 39 heavy (non-hydrogen) atoms. The number of esters is 1. The fourth-order valence-electron chi connectivity index (χ4n) is 5.76. The van der Waals surface area contributed by atoms with Gasteiger partial charge in [0.1, 0.15) is 12.1 Å². The summed E-state index contributed by atoms with van der Waals surface area (Å²) in [5.41, 5.74) is -0.477. The minimum Gasteiger partial charge on any atom is -0.467 e. The second-order valence-corrected chi connectivity index (χ2v) is 12.9. The Labute approximate surface area is 235 Å². The number of nitrogens with zero attached hydrogens (tertiary/aromatic N) is 4. The Morgan fingerprint density at radius 2 is 1.56 bits per heavy atom. The third-order valence-corrected chi connectivity index (χ3v) is 8.29. The van der Waals surface area contributed by atoms with Gasteiger partial charge in [0, 0.05) is 26.2 Å². The van der Waals surface area contributed by atoms with Crippen LogP contribution in [0.4, 0.5) is 0 Å². The molecule has 2 aliphatic heterocycles. The number of rotatable bonds is 10. The molecule has 1 N–H and O–H groups in total. The van der Waals surface area contributed by atoms with Crippen molar-refractivity contribution in [2.75, 3.05) is 54.4 Å². The third kappa shape index (κ3) is 8.90. The van der Waals surface area contributed by atoms with E-state index < -0.39 is 17.5 Å². The Bertz CT molecular complexity index is 857. The summed E-state index contributed by atoms with van der Waals surface area (Å²) in [6, 6.07) is -1.60. The lowest BCUT2D eigenvalue weighted by molar-refractivity contribution is -0.155. The molecule has 0 spiro atoms. The number of methoxy groups -OCH3 is 1. The smallest absolute Gasteiger partial charge is 0.328 e. The molecule has 0 aromatic rings. The van der Waals surface area contributed by atoms with Gasteiger partial charge >= 0.3 is 5.97 Å². The monoisotopic (exact) mass is 551 g/mol. The number of likely N-dealkylation sites (tertiary alicyclic amines) is 2. The highest BCUT2D eigenvalue weighted by molar-refractivity contribution is 5.90. The third-order valence-electron chi connectivity index (χ3n) is 8.29. The molecule has 2 aliphatic rings. The molecular formula is C29H53N5O5. The molecule has 2 fully saturated rings. The maximum atomic E-state index is 13.9. The van der Waals surface area contributed by atoms with Crippen molar-refractivity contribution in [1.82, 2.24) is 24.9 Å². The van der Waals surface area contributed by atoms with Crippen molar-refractivity contribution in [2.24, 2.45) is 11.3 Å². The quantitative estimate of drug-likeness (QED) is 0.414. The van der Waals surface area contributed by atoms with Gasteiger partial charge in [-0.15, -0.1) is 0 Å². The summed E-state index contributed by atoms with van der Waals surface area (Å²) in [5, 5.41) is 3.09. The van der Waals surface area contributed by atoms with Gasteiger partial charge in [0.25, 0.3) is 0 Å². The molecule has 2 rings (SSSR count). The van der Waals surface area contributed by atoms with Crippen LogP contribution in [-0.4, -0.2) is 122 Å². The zero-order chi connectivity index (χ0) is 29.5. The van der Waals surface area contributed by atoms with Gasteiger partial charge in [-0.1, -0.05) is 41.0 Å². The van der Waals surface area contributed by atoms with Crippen molar-refractivity contribution in [3.63, 3.8) is 0 Å². The van der Waals surface area contributed by atoms with E-state index >= 15 is 0 Å². The van der Waals surface area contributed by atoms with Crippen LogP contribution in [0.25, 0.3) is 0 Å². The predicted molar refractivity (Wildman–Crippen MR) is 152 cm³/mol. The number of nitrogens with one attached hydrogen (secondary N) is 1. The number of carbonyl (C=O) groups is 4. The molecule has 4 unspecified atom stereocenters. The van der Waals surface area contributed by atoms with E-state index in [1.165, 1.54) is 7.11 Å². The molecule has 0 radical (unpaired) electrons. The minimum absolute atomic E-state index is 0.0932. The number of carbonyl (C=O) groups excluding carboxylic acids is 4. The molecule has 0 saturated carbocycles. The summed E-state index contributed by atoms with van der Waals surface area (Å²) in [6.07, 6.45) is 5.26. The summed E-state index contributed by atoms with van der Waals surface area (Å²) in [6.45, 7) is 12.1. The number of amides is 3. The van der Waals surface area contributed by atoms with E-state index in [0.717, 1.165) is 38.6 Å². The molecule has 0 aliphatic carbocycles. The van der Waals surface area contributed by atoms with E-state index in [1.54, 1.807) is 16.8 Å². The van der Waals surface area contributed by atoms with Crippen molar-refractivity contribution < 1.29 is 23.9 Å². The number of ether oxygens (including phenoxy) is 1. The van der Waals surface area contributed by atoms with Gasteiger partial charge in [0.05, 0.1) is 19.7 Å². The summed E-state index contributed by atoms with van der Waals surface area (Å²) in [7, 11) is 6.97. The van der Waals surface area contributed by atoms with Crippen molar-refractivity contribution in [3.8, 4) is 0 Å². The zero-order valence-corrected chi connectivity index (χ0v) is 25.8. The molecular weight excluding hydrogens is 498 g/mol. The van der Waals surface area contributed by atoms with Crippen LogP contribution in [0, 0.1) is 11.3 Å². The normalized spacial score (nSPS) is 22.4. The first-order chi connectivity index (χ1) is 18.2. The molecule has 10 heteroatoms. The van der Waals surface area contributed by atoms with E-state index in [0.29, 0.717) is 19.5 Å². The Kier molecular flexibility index (Phi) is 12.2. The van der Waals surface area contributed by atoms with Crippen molar-refractivity contribution >= 4 is 23.7 Å². The number of likely N-dealkylation sites (N-methyl/N-ethyl adjacent to an activating group) is 3. The van der Waals surface area contributed by atoms with E-state index in [4.69, 9.17) is 4.74 Å². The SMILES string of the molecule is COC(=O)C1CCCCN1C(=O)CN(C)CC(C(C)C)N(C)C(=O)C(NC(=O)C1CCCCN1C)C(C)(C)C. The second kappa shape index (κ2) is 14.4. The molecule has 2 saturated heterocycles. The fraction of sp³-hybridized carbons (Fsp3) is 0.862. The van der Waals surface area contributed by atoms with Crippen molar-refractivity contribution in [3.05, 3.63) is 0 Å². The predicted octanol–water partition coefficient (Wildman–Crippen LogP) is 1.97. The average Bonchev–Trinajstić information content (AvgIpc) is 2.88. The Morgan fingerprint density at radius 3 is 2.10 bits per heavy atom. The van der Waals surface area contributed by atoms with E-state index in [-0.39, 0.29) is 48.2 Å². The first kappa shape index (κ1) is 33.0. The highest BCUT2D eigenvalue weighted by Crippen LogP contribution is 2.25. The lowest BCUT2D eigenvalue weighted by Crippen LogP contribution is -2.60. The summed E-state index contributed by atoms with van der Waals surface area (Å²) < 4.78 is 4.93. The number of hydrogen-bond donors (Lipinski definition) is 1. The summed E-state index contributed by atoms with van der Waals surface area (Å²) in [4.78, 5) is 59.9. The van der Waals surface area contributed by atoms with Gasteiger partial charge < -0.3 is 19.9 Å². The Morgan fingerprint density at radius 1 is 0.974 bits per heavy atom. The lowest BCUT2D eigenvalue weighted by Gasteiger charge is -2.41. The van der Waals surface area contributed by atoms with Gasteiger partial charge in [0.15, 0.2) is 0 Å². The summed E-state index contributed by atoms with van der Waals surface area (Å²) in [5.74, 6) is -0.583. The van der Waals surface area contributed by atoms with Gasteiger partial charge in [-0.2, -0.15) is 0 Å². The van der Waals surface area contributed by atoms with Crippen molar-refractivity contribution in [1.29, 1.82) is 0 Å². The highest BCUT2D eigenvalue weighted by Gasteiger charge is 2.40. The van der Waals surface area contributed by atoms with Crippen LogP contribution in [0.5, 0.6) is 0 Å². The first-order valence-corrected chi connectivity index (χ1v) is 14.5. The van der Waals surface area contributed by atoms with E-state index in [9.17, 15) is 19.2 Å². The minimum atomic E-state index is -0.673. The van der Waals surface area contributed by atoms with Gasteiger partial charge in [-0.3, -0.25) is 24.2 Å². The van der Waals surface area contributed by atoms with Gasteiger partial charge in [-0.05, 0) is 64.1 Å². The molecule has 4 atom stereocenters. The number of hydrogen-bond acceptors (Lipinski definition) is 7. The second-order valence-electron chi connectivity index (χ2n) is 12.9. The Hall–Kier alpha value is -2.20. The zero-order valence-electron chi connectivity index (χ0n) is 25.8. The summed E-state index contributed by atoms with van der Waals surface area (Å²) >= 11 is 0. The fourth-order valence-corrected chi connectivity index (χ4v) is 5.76. The van der Waals surface area contributed by atoms with Crippen molar-refractivity contribution in [2.45, 2.75) is 97.3 Å². The Balaban J connectivity index is 2.11. The molecule has 3 amide bonds. The maximum Gasteiger partial charge on any atom is 0.328 e. The van der Waals surface area contributed by atoms with Crippen LogP contribution in [0.15, 0.2) is 0 Å². The van der Waals surface area contributed by atoms with Crippen LogP contribution in [0.2, 0.25) is 0 Å². The first-order valence-electron chi connectivity index (χ1n) is 14.5. The van der Waals surface area contributed by atoms with E-state index in [2.05, 4.69) is 24.1 Å². The van der Waals surface area contributed by atoms with Crippen LogP contribution >= 0.6 is 0 Å². The van der Waals surface area contributed by atoms with Gasteiger partial charge in [0.2, 0.25) is 17.7 Å². The average molecular weight is 552 g/mol. The van der Waals surface area contributed by atoms with Crippen LogP contribution < -0.4 is 5.32 Å². The van der Waals surface area contributed by atoms with Gasteiger partial charge in [-0.25, -0.2) is 4.79 Å². The maximum absolute atomic E-state index is 13.9. The van der Waals surface area contributed by atoms with E-state index in [1.807, 2.05) is 39.8 Å². The molecule has 224 valence electrons. The topological polar surface area (TPSA) is 102 Å². The van der Waals surface area contributed by atoms with Crippen LogP contribution in [-0.2, 0) is 23.9 Å².